The van der Waals surface area contributed by atoms with Gasteiger partial charge in [0.2, 0.25) is 0 Å². The molecule has 0 atom stereocenters. The zero-order chi connectivity index (χ0) is 20.2. The van der Waals surface area contributed by atoms with Gasteiger partial charge in [0.1, 0.15) is 0 Å². The van der Waals surface area contributed by atoms with Crippen LogP contribution in [-0.4, -0.2) is 17.2 Å². The molecule has 0 aliphatic rings. The number of benzene rings is 4. The lowest BCUT2D eigenvalue weighted by molar-refractivity contribution is 0.426. The van der Waals surface area contributed by atoms with Crippen LogP contribution in [0.3, 0.4) is 0 Å². The molecule has 110 valence electrons. The Morgan fingerprint density at radius 3 is 1.65 bits per heavy atom. The van der Waals surface area contributed by atoms with Crippen molar-refractivity contribution in [1.29, 1.82) is 0 Å². The van der Waals surface area contributed by atoms with Gasteiger partial charge in [-0.2, -0.15) is 0 Å². The summed E-state index contributed by atoms with van der Waals surface area (Å²) in [5, 5.41) is 22.3. The zero-order valence-corrected chi connectivity index (χ0v) is 12.1. The van der Waals surface area contributed by atoms with E-state index in [2.05, 4.69) is 0 Å². The first-order valence-corrected chi connectivity index (χ1v) is 7.21. The molecule has 0 heterocycles. The van der Waals surface area contributed by atoms with Crippen LogP contribution in [0.4, 0.5) is 0 Å². The lowest BCUT2D eigenvalue weighted by atomic mass is 9.72. The van der Waals surface area contributed by atoms with E-state index in [0.717, 1.165) is 0 Å². The Balaban J connectivity index is 2.32. The van der Waals surface area contributed by atoms with Gasteiger partial charge in [-0.3, -0.25) is 0 Å². The summed E-state index contributed by atoms with van der Waals surface area (Å²) in [6.45, 7) is 0. The summed E-state index contributed by atoms with van der Waals surface area (Å²) in [6.07, 6.45) is 0. The van der Waals surface area contributed by atoms with E-state index >= 15 is 0 Å². The van der Waals surface area contributed by atoms with Gasteiger partial charge in [-0.05, 0) is 38.1 Å². The highest BCUT2D eigenvalue weighted by atomic mass is 16.4. The monoisotopic (exact) mass is 303 g/mol. The standard InChI is InChI=1S/C20H15BO2/c22-21(23)20-17-12-6-4-10-15(17)19(14-8-2-1-3-9-14)16-11-5-7-13-18(16)20/h1-13,22-23H/i1D,2D,3D,8D,9D. The van der Waals surface area contributed by atoms with Gasteiger partial charge in [0.05, 0.1) is 6.85 Å². The van der Waals surface area contributed by atoms with Crippen molar-refractivity contribution in [2.75, 3.05) is 0 Å². The van der Waals surface area contributed by atoms with Crippen molar-refractivity contribution in [2.45, 2.75) is 0 Å². The Kier molecular flexibility index (Phi) is 2.29. The molecule has 0 aromatic heterocycles. The van der Waals surface area contributed by atoms with E-state index in [4.69, 9.17) is 6.85 Å². The minimum absolute atomic E-state index is 0.0948. The van der Waals surface area contributed by atoms with Crippen molar-refractivity contribution in [3.05, 3.63) is 78.7 Å². The summed E-state index contributed by atoms with van der Waals surface area (Å²) in [5.74, 6) is 0. The molecule has 0 radical (unpaired) electrons. The summed E-state index contributed by atoms with van der Waals surface area (Å²) >= 11 is 0. The predicted molar refractivity (Wildman–Crippen MR) is 96.7 cm³/mol. The fraction of sp³-hybridized carbons (Fsp3) is 0. The fourth-order valence-electron chi connectivity index (χ4n) is 3.08. The van der Waals surface area contributed by atoms with Crippen molar-refractivity contribution >= 4 is 34.1 Å². The topological polar surface area (TPSA) is 40.5 Å². The van der Waals surface area contributed by atoms with Crippen LogP contribution in [0, 0.1) is 0 Å². The highest BCUT2D eigenvalue weighted by Crippen LogP contribution is 2.35. The molecule has 0 aliphatic carbocycles. The molecule has 0 saturated carbocycles. The fourth-order valence-corrected chi connectivity index (χ4v) is 3.08. The van der Waals surface area contributed by atoms with Crippen LogP contribution in [0.2, 0.25) is 0 Å². The first kappa shape index (κ1) is 9.51. The Morgan fingerprint density at radius 2 is 1.17 bits per heavy atom. The molecular formula is C20H15BO2. The maximum absolute atomic E-state index is 10.0. The average Bonchev–Trinajstić information content (AvgIpc) is 2.70. The predicted octanol–water partition coefficient (Wildman–Crippen LogP) is 3.34. The summed E-state index contributed by atoms with van der Waals surface area (Å²) in [6, 6.07) is 12.2. The van der Waals surface area contributed by atoms with Gasteiger partial charge in [0.25, 0.3) is 0 Å². The van der Waals surface area contributed by atoms with Crippen LogP contribution >= 0.6 is 0 Å². The van der Waals surface area contributed by atoms with Crippen LogP contribution < -0.4 is 5.46 Å². The Bertz CT molecular complexity index is 1170. The molecule has 0 saturated heterocycles. The van der Waals surface area contributed by atoms with Crippen LogP contribution in [0.25, 0.3) is 32.7 Å². The normalized spacial score (nSPS) is 14.1. The smallest absolute Gasteiger partial charge is 0.423 e. The second-order valence-electron chi connectivity index (χ2n) is 5.25. The number of fused-ring (bicyclic) bond motifs is 2. The number of hydrogen-bond acceptors (Lipinski definition) is 2. The summed E-state index contributed by atoms with van der Waals surface area (Å²) < 4.78 is 40.7. The minimum Gasteiger partial charge on any atom is -0.423 e. The third kappa shape index (κ3) is 2.22. The van der Waals surface area contributed by atoms with Crippen molar-refractivity contribution in [2.24, 2.45) is 0 Å². The maximum atomic E-state index is 10.0. The third-order valence-corrected chi connectivity index (χ3v) is 3.98. The summed E-state index contributed by atoms with van der Waals surface area (Å²) in [7, 11) is -1.72. The molecular weight excluding hydrogens is 283 g/mol. The SMILES string of the molecule is [2H]c1c([2H])c([2H])c(-c2c3ccccc3c(B(O)O)c3ccccc23)c([2H])c1[2H]. The van der Waals surface area contributed by atoms with Crippen LogP contribution in [-0.2, 0) is 0 Å². The molecule has 4 rings (SSSR count). The molecule has 23 heavy (non-hydrogen) atoms. The van der Waals surface area contributed by atoms with E-state index < -0.39 is 25.2 Å². The number of hydrogen-bond donors (Lipinski definition) is 2. The Hall–Kier alpha value is -2.62. The second kappa shape index (κ2) is 5.54. The molecule has 0 fully saturated rings. The Labute approximate surface area is 141 Å². The average molecular weight is 303 g/mol. The first-order chi connectivity index (χ1) is 13.3. The van der Waals surface area contributed by atoms with E-state index in [1.807, 2.05) is 0 Å². The zero-order valence-electron chi connectivity index (χ0n) is 17.1. The van der Waals surface area contributed by atoms with E-state index in [1.54, 1.807) is 48.5 Å². The van der Waals surface area contributed by atoms with Crippen LogP contribution in [0.15, 0.2) is 78.7 Å². The lowest BCUT2D eigenvalue weighted by Crippen LogP contribution is -2.31. The van der Waals surface area contributed by atoms with Gasteiger partial charge in [-0.1, -0.05) is 78.7 Å². The van der Waals surface area contributed by atoms with Crippen LogP contribution in [0.5, 0.6) is 0 Å². The molecule has 0 amide bonds. The third-order valence-electron chi connectivity index (χ3n) is 3.98. The summed E-state index contributed by atoms with van der Waals surface area (Å²) in [4.78, 5) is 0. The van der Waals surface area contributed by atoms with E-state index in [1.165, 1.54) is 0 Å². The largest absolute Gasteiger partial charge is 0.489 e. The van der Waals surface area contributed by atoms with Gasteiger partial charge in [-0.25, -0.2) is 0 Å². The van der Waals surface area contributed by atoms with E-state index in [9.17, 15) is 10.0 Å². The van der Waals surface area contributed by atoms with Gasteiger partial charge < -0.3 is 10.0 Å². The van der Waals surface area contributed by atoms with E-state index in [0.29, 0.717) is 32.6 Å². The van der Waals surface area contributed by atoms with Gasteiger partial charge in [0, 0.05) is 0 Å². The molecule has 4 aromatic rings. The maximum Gasteiger partial charge on any atom is 0.489 e. The van der Waals surface area contributed by atoms with Crippen molar-refractivity contribution in [1.82, 2.24) is 0 Å². The molecule has 2 N–H and O–H groups in total. The number of rotatable bonds is 2. The molecule has 2 nitrogen and oxygen atoms in total. The molecule has 0 bridgehead atoms. The van der Waals surface area contributed by atoms with Gasteiger partial charge in [0.15, 0.2) is 0 Å². The highest BCUT2D eigenvalue weighted by molar-refractivity contribution is 6.66. The first-order valence-electron chi connectivity index (χ1n) is 9.71. The van der Waals surface area contributed by atoms with Gasteiger partial charge >= 0.3 is 7.12 Å². The molecule has 4 aromatic carbocycles. The van der Waals surface area contributed by atoms with Crippen LogP contribution in [0.1, 0.15) is 6.85 Å². The minimum atomic E-state index is -1.72. The van der Waals surface area contributed by atoms with E-state index in [-0.39, 0.29) is 17.6 Å². The van der Waals surface area contributed by atoms with Crippen molar-refractivity contribution in [3.63, 3.8) is 0 Å². The van der Waals surface area contributed by atoms with Gasteiger partial charge in [-0.15, -0.1) is 0 Å². The molecule has 3 heteroatoms. The molecule has 0 spiro atoms. The quantitative estimate of drug-likeness (QED) is 0.440. The molecule has 0 unspecified atom stereocenters. The molecule has 0 aliphatic heterocycles. The summed E-state index contributed by atoms with van der Waals surface area (Å²) in [5.41, 5.74) is 0.896. The lowest BCUT2D eigenvalue weighted by Gasteiger charge is -2.16. The second-order valence-corrected chi connectivity index (χ2v) is 5.25. The van der Waals surface area contributed by atoms with Crippen molar-refractivity contribution in [3.8, 4) is 11.1 Å². The Morgan fingerprint density at radius 1 is 0.696 bits per heavy atom. The highest BCUT2D eigenvalue weighted by Gasteiger charge is 2.21. The van der Waals surface area contributed by atoms with Crippen molar-refractivity contribution < 1.29 is 16.9 Å².